The SMILES string of the molecule is CC(C)(C)c1ccc(N2C(=O)c3ccc4c5cccc6cccc(c7ccc(c3c47)C2=O)c65)cc1. The van der Waals surface area contributed by atoms with Gasteiger partial charge in [0.15, 0.2) is 0 Å². The molecule has 6 aromatic carbocycles. The zero-order valence-corrected chi connectivity index (χ0v) is 19.8. The van der Waals surface area contributed by atoms with Crippen LogP contribution in [0.4, 0.5) is 5.69 Å². The van der Waals surface area contributed by atoms with E-state index in [4.69, 9.17) is 0 Å². The van der Waals surface area contributed by atoms with E-state index < -0.39 is 0 Å². The number of anilines is 1. The Kier molecular flexibility index (Phi) is 3.84. The van der Waals surface area contributed by atoms with Crippen molar-refractivity contribution in [2.75, 3.05) is 4.90 Å². The second kappa shape index (κ2) is 6.67. The van der Waals surface area contributed by atoms with Gasteiger partial charge in [-0.05, 0) is 72.9 Å². The first kappa shape index (κ1) is 20.2. The van der Waals surface area contributed by atoms with E-state index in [0.717, 1.165) is 37.9 Å². The van der Waals surface area contributed by atoms with Crippen molar-refractivity contribution in [3.63, 3.8) is 0 Å². The molecule has 0 saturated carbocycles. The van der Waals surface area contributed by atoms with Crippen LogP contribution in [0.5, 0.6) is 0 Å². The third kappa shape index (κ3) is 2.61. The number of benzene rings is 6. The number of hydrogen-bond acceptors (Lipinski definition) is 2. The Balaban J connectivity index is 1.51. The van der Waals surface area contributed by atoms with Gasteiger partial charge in [-0.2, -0.15) is 0 Å². The van der Waals surface area contributed by atoms with E-state index in [1.54, 1.807) is 0 Å². The van der Waals surface area contributed by atoms with Crippen LogP contribution < -0.4 is 4.90 Å². The summed E-state index contributed by atoms with van der Waals surface area (Å²) in [5, 5.41) is 8.63. The molecule has 0 atom stereocenters. The van der Waals surface area contributed by atoms with E-state index in [2.05, 4.69) is 57.2 Å². The van der Waals surface area contributed by atoms with Gasteiger partial charge in [0.1, 0.15) is 0 Å². The smallest absolute Gasteiger partial charge is 0.265 e. The minimum atomic E-state index is -0.272. The van der Waals surface area contributed by atoms with Gasteiger partial charge in [0.05, 0.1) is 5.69 Å². The maximum atomic E-state index is 13.8. The van der Waals surface area contributed by atoms with Crippen molar-refractivity contribution >= 4 is 60.6 Å². The summed E-state index contributed by atoms with van der Waals surface area (Å²) >= 11 is 0. The molecule has 35 heavy (non-hydrogen) atoms. The lowest BCUT2D eigenvalue weighted by Crippen LogP contribution is -2.40. The number of rotatable bonds is 1. The van der Waals surface area contributed by atoms with Crippen LogP contribution >= 0.6 is 0 Å². The molecule has 168 valence electrons. The summed E-state index contributed by atoms with van der Waals surface area (Å²) < 4.78 is 0. The molecule has 0 aromatic heterocycles. The zero-order chi connectivity index (χ0) is 24.1. The van der Waals surface area contributed by atoms with Crippen molar-refractivity contribution in [2.24, 2.45) is 0 Å². The molecule has 2 amide bonds. The molecule has 0 aliphatic carbocycles. The fraction of sp³-hybridized carbons (Fsp3) is 0.125. The van der Waals surface area contributed by atoms with Gasteiger partial charge in [-0.25, -0.2) is 4.90 Å². The summed E-state index contributed by atoms with van der Waals surface area (Å²) in [5.74, 6) is -0.543. The van der Waals surface area contributed by atoms with Crippen LogP contribution in [0.25, 0.3) is 43.1 Å². The number of nitrogens with zero attached hydrogens (tertiary/aromatic N) is 1. The first-order chi connectivity index (χ1) is 16.8. The van der Waals surface area contributed by atoms with Gasteiger partial charge in [0, 0.05) is 16.5 Å². The molecule has 1 heterocycles. The van der Waals surface area contributed by atoms with Gasteiger partial charge in [0.25, 0.3) is 11.8 Å². The van der Waals surface area contributed by atoms with Gasteiger partial charge >= 0.3 is 0 Å². The number of fused-ring (bicyclic) bond motifs is 2. The van der Waals surface area contributed by atoms with E-state index in [9.17, 15) is 9.59 Å². The Morgan fingerprint density at radius 3 is 1.57 bits per heavy atom. The maximum absolute atomic E-state index is 13.8. The third-order valence-electron chi connectivity index (χ3n) is 7.50. The molecule has 1 aliphatic heterocycles. The Morgan fingerprint density at radius 2 is 1.06 bits per heavy atom. The largest absolute Gasteiger partial charge is 0.268 e. The highest BCUT2D eigenvalue weighted by Gasteiger charge is 2.35. The van der Waals surface area contributed by atoms with Crippen molar-refractivity contribution in [1.29, 1.82) is 0 Å². The average Bonchev–Trinajstić information content (AvgIpc) is 2.86. The first-order valence-corrected chi connectivity index (χ1v) is 12.0. The van der Waals surface area contributed by atoms with E-state index in [1.807, 2.05) is 48.5 Å². The number of amides is 2. The summed E-state index contributed by atoms with van der Waals surface area (Å²) in [6.45, 7) is 6.44. The summed E-state index contributed by atoms with van der Waals surface area (Å²) in [4.78, 5) is 28.9. The van der Waals surface area contributed by atoms with Crippen LogP contribution in [0.2, 0.25) is 0 Å². The van der Waals surface area contributed by atoms with E-state index >= 15 is 0 Å². The van der Waals surface area contributed by atoms with Crippen LogP contribution in [0.3, 0.4) is 0 Å². The third-order valence-corrected chi connectivity index (χ3v) is 7.50. The monoisotopic (exact) mass is 453 g/mol. The lowest BCUT2D eigenvalue weighted by Gasteiger charge is -2.29. The van der Waals surface area contributed by atoms with Gasteiger partial charge in [-0.15, -0.1) is 0 Å². The van der Waals surface area contributed by atoms with Crippen LogP contribution in [0, 0.1) is 0 Å². The molecule has 0 saturated heterocycles. The van der Waals surface area contributed by atoms with Gasteiger partial charge in [-0.3, -0.25) is 9.59 Å². The zero-order valence-electron chi connectivity index (χ0n) is 19.8. The lowest BCUT2D eigenvalue weighted by atomic mass is 9.84. The molecule has 7 rings (SSSR count). The number of carbonyl (C=O) groups excluding carboxylic acids is 2. The average molecular weight is 454 g/mol. The fourth-order valence-electron chi connectivity index (χ4n) is 5.77. The predicted octanol–water partition coefficient (Wildman–Crippen LogP) is 7.84. The molecule has 6 aromatic rings. The molecule has 3 nitrogen and oxygen atoms in total. The molecular formula is C32H23NO2. The van der Waals surface area contributed by atoms with Gasteiger partial charge < -0.3 is 0 Å². The highest BCUT2D eigenvalue weighted by Crippen LogP contribution is 2.44. The number of imide groups is 1. The van der Waals surface area contributed by atoms with Crippen molar-refractivity contribution in [3.05, 3.63) is 102 Å². The Morgan fingerprint density at radius 1 is 0.543 bits per heavy atom. The van der Waals surface area contributed by atoms with Crippen LogP contribution in [0.15, 0.2) is 84.9 Å². The van der Waals surface area contributed by atoms with E-state index in [-0.39, 0.29) is 17.2 Å². The molecule has 0 fully saturated rings. The van der Waals surface area contributed by atoms with Crippen LogP contribution in [-0.2, 0) is 5.41 Å². The molecule has 0 unspecified atom stereocenters. The lowest BCUT2D eigenvalue weighted by molar-refractivity contribution is 0.0893. The predicted molar refractivity (Wildman–Crippen MR) is 144 cm³/mol. The molecule has 0 spiro atoms. The highest BCUT2D eigenvalue weighted by atomic mass is 16.2. The Hall–Kier alpha value is -4.24. The number of hydrogen-bond donors (Lipinski definition) is 0. The summed E-state index contributed by atoms with van der Waals surface area (Å²) in [6, 6.07) is 28.3. The van der Waals surface area contributed by atoms with Crippen LogP contribution in [-0.4, -0.2) is 11.8 Å². The summed E-state index contributed by atoms with van der Waals surface area (Å²) in [5.41, 5.74) is 2.90. The summed E-state index contributed by atoms with van der Waals surface area (Å²) in [6.07, 6.45) is 0. The Labute approximate surface area is 202 Å². The molecule has 1 aliphatic rings. The molecule has 0 bridgehead atoms. The summed E-state index contributed by atoms with van der Waals surface area (Å²) in [7, 11) is 0. The van der Waals surface area contributed by atoms with Crippen molar-refractivity contribution in [1.82, 2.24) is 0 Å². The second-order valence-electron chi connectivity index (χ2n) is 10.5. The van der Waals surface area contributed by atoms with Crippen LogP contribution in [0.1, 0.15) is 47.1 Å². The van der Waals surface area contributed by atoms with Crippen molar-refractivity contribution in [2.45, 2.75) is 26.2 Å². The molecule has 3 heteroatoms. The second-order valence-corrected chi connectivity index (χ2v) is 10.5. The maximum Gasteiger partial charge on any atom is 0.265 e. The quantitative estimate of drug-likeness (QED) is 0.144. The fourth-order valence-corrected chi connectivity index (χ4v) is 5.77. The first-order valence-electron chi connectivity index (χ1n) is 12.0. The standard InChI is InChI=1S/C32H23NO2/c1-32(2,3)19-10-12-20(13-11-19)33-30(34)25-16-14-23-21-8-4-6-18-7-5-9-22(27(18)21)24-15-17-26(31(33)35)29(25)28(23)24/h4-17H,1-3H3. The minimum Gasteiger partial charge on any atom is -0.268 e. The minimum absolute atomic E-state index is 0.00759. The molecule has 0 radical (unpaired) electrons. The Bertz CT molecular complexity index is 1760. The molecule has 0 N–H and O–H groups in total. The topological polar surface area (TPSA) is 37.4 Å². The van der Waals surface area contributed by atoms with Crippen molar-refractivity contribution in [3.8, 4) is 0 Å². The van der Waals surface area contributed by atoms with Crippen molar-refractivity contribution < 1.29 is 9.59 Å². The van der Waals surface area contributed by atoms with E-state index in [0.29, 0.717) is 16.8 Å². The highest BCUT2D eigenvalue weighted by molar-refractivity contribution is 6.42. The van der Waals surface area contributed by atoms with Gasteiger partial charge in [-0.1, -0.05) is 81.4 Å². The van der Waals surface area contributed by atoms with Gasteiger partial charge in [0.2, 0.25) is 0 Å². The number of carbonyl (C=O) groups is 2. The van der Waals surface area contributed by atoms with E-state index in [1.165, 1.54) is 15.7 Å². The normalized spacial score (nSPS) is 14.2. The molecular weight excluding hydrogens is 430 g/mol.